The minimum absolute atomic E-state index is 0.105. The third-order valence-electron chi connectivity index (χ3n) is 6.45. The van der Waals surface area contributed by atoms with Crippen molar-refractivity contribution in [3.63, 3.8) is 0 Å². The van der Waals surface area contributed by atoms with E-state index in [-0.39, 0.29) is 24.5 Å². The normalized spacial score (nSPS) is 15.0. The van der Waals surface area contributed by atoms with Gasteiger partial charge in [-0.2, -0.15) is 12.6 Å². The highest BCUT2D eigenvalue weighted by Crippen LogP contribution is 2.06. The molecule has 5 amide bonds. The number of hydrogen-bond acceptors (Lipinski definition) is 9. The Morgan fingerprint density at radius 3 is 1.82 bits per heavy atom. The Morgan fingerprint density at radius 2 is 1.32 bits per heavy atom. The molecule has 0 bridgehead atoms. The minimum Gasteiger partial charge on any atom is -0.481 e. The van der Waals surface area contributed by atoms with Gasteiger partial charge in [-0.25, -0.2) is 0 Å². The van der Waals surface area contributed by atoms with E-state index < -0.39 is 78.2 Å². The lowest BCUT2D eigenvalue weighted by Gasteiger charge is -2.24. The number of carbonyl (C=O) groups is 7. The number of nitrogens with two attached hydrogens (primary N) is 1. The van der Waals surface area contributed by atoms with Crippen molar-refractivity contribution in [2.45, 2.75) is 89.6 Å². The number of carbonyl (C=O) groups excluding carboxylic acids is 6. The molecule has 1 rings (SSSR count). The van der Waals surface area contributed by atoms with Gasteiger partial charge in [0.25, 0.3) is 0 Å². The van der Waals surface area contributed by atoms with Crippen LogP contribution < -0.4 is 32.3 Å². The zero-order valence-corrected chi connectivity index (χ0v) is 26.3. The van der Waals surface area contributed by atoms with E-state index in [9.17, 15) is 33.6 Å². The summed E-state index contributed by atoms with van der Waals surface area (Å²) in [6, 6.07) is 2.62. The molecule has 14 nitrogen and oxygen atoms in total. The summed E-state index contributed by atoms with van der Waals surface area (Å²) < 4.78 is 0. The van der Waals surface area contributed by atoms with Gasteiger partial charge in [-0.15, -0.1) is 0 Å². The largest absolute Gasteiger partial charge is 0.481 e. The smallest absolute Gasteiger partial charge is 0.303 e. The van der Waals surface area contributed by atoms with Gasteiger partial charge in [0.2, 0.25) is 29.5 Å². The maximum Gasteiger partial charge on any atom is 0.303 e. The molecule has 0 aliphatic heterocycles. The van der Waals surface area contributed by atoms with Crippen molar-refractivity contribution >= 4 is 54.4 Å². The molecule has 0 saturated heterocycles. The van der Waals surface area contributed by atoms with E-state index in [0.29, 0.717) is 12.7 Å². The molecule has 15 heteroatoms. The topological polar surface area (TPSA) is 226 Å². The first-order chi connectivity index (χ1) is 20.7. The number of carboxylic acid groups (broad SMARTS) is 1. The fourth-order valence-electron chi connectivity index (χ4n) is 3.99. The van der Waals surface area contributed by atoms with Crippen molar-refractivity contribution in [1.29, 1.82) is 0 Å². The third-order valence-corrected chi connectivity index (χ3v) is 6.82. The summed E-state index contributed by atoms with van der Waals surface area (Å²) in [5, 5.41) is 21.4. The molecule has 0 aliphatic rings. The van der Waals surface area contributed by atoms with Crippen LogP contribution in [0, 0.1) is 5.92 Å². The number of amides is 5. The van der Waals surface area contributed by atoms with Crippen molar-refractivity contribution < 1.29 is 38.7 Å². The third kappa shape index (κ3) is 14.0. The fraction of sp³-hybridized carbons (Fsp3) is 0.552. The Morgan fingerprint density at radius 1 is 0.795 bits per heavy atom. The van der Waals surface area contributed by atoms with Gasteiger partial charge < -0.3 is 42.2 Å². The fourth-order valence-corrected chi connectivity index (χ4v) is 4.25. The van der Waals surface area contributed by atoms with Gasteiger partial charge >= 0.3 is 5.97 Å². The highest BCUT2D eigenvalue weighted by Gasteiger charge is 2.29. The molecule has 0 aromatic heterocycles. The molecule has 0 spiro atoms. The van der Waals surface area contributed by atoms with Gasteiger partial charge in [-0.1, -0.05) is 44.2 Å². The van der Waals surface area contributed by atoms with E-state index >= 15 is 0 Å². The van der Waals surface area contributed by atoms with Crippen LogP contribution in [0.5, 0.6) is 0 Å². The molecular formula is C29H44N6O8S. The molecule has 244 valence electrons. The SMILES string of the molecule is CC(C)C[C@H](N)C(=O)N[C@@H](CCC(=O)O)C(=O)N[C@@H](C)C(=O)N[C@@H](CS)C(=O)N[C@@H](C)C(=O)N[C@H](C=O)Cc1ccccc1. The predicted molar refractivity (Wildman–Crippen MR) is 165 cm³/mol. The molecule has 0 fully saturated rings. The molecule has 0 unspecified atom stereocenters. The lowest BCUT2D eigenvalue weighted by molar-refractivity contribution is -0.138. The molecule has 1 aromatic carbocycles. The van der Waals surface area contributed by atoms with Crippen LogP contribution >= 0.6 is 12.6 Å². The maximum absolute atomic E-state index is 12.9. The zero-order valence-electron chi connectivity index (χ0n) is 25.4. The van der Waals surface area contributed by atoms with Crippen LogP contribution in [-0.4, -0.2) is 88.9 Å². The van der Waals surface area contributed by atoms with Crippen molar-refractivity contribution in [3.05, 3.63) is 35.9 Å². The summed E-state index contributed by atoms with van der Waals surface area (Å²) in [7, 11) is 0. The molecule has 0 saturated carbocycles. The van der Waals surface area contributed by atoms with E-state index in [1.165, 1.54) is 13.8 Å². The molecule has 8 N–H and O–H groups in total. The number of nitrogens with one attached hydrogen (secondary N) is 5. The lowest BCUT2D eigenvalue weighted by Crippen LogP contribution is -2.58. The van der Waals surface area contributed by atoms with E-state index in [2.05, 4.69) is 39.2 Å². The number of thiol groups is 1. The highest BCUT2D eigenvalue weighted by molar-refractivity contribution is 7.80. The number of aliphatic carboxylic acids is 1. The molecule has 1 aromatic rings. The summed E-state index contributed by atoms with van der Waals surface area (Å²) in [5.74, 6) is -4.78. The molecular weight excluding hydrogens is 592 g/mol. The summed E-state index contributed by atoms with van der Waals surface area (Å²) in [5.41, 5.74) is 6.71. The highest BCUT2D eigenvalue weighted by atomic mass is 32.1. The Hall–Kier alpha value is -3.98. The maximum atomic E-state index is 12.9. The molecule has 0 heterocycles. The standard InChI is InChI=1S/C29H44N6O8S/c1-16(2)12-21(30)27(41)34-22(10-11-24(37)38)28(42)31-18(4)26(40)35-23(15-44)29(43)32-17(3)25(39)33-20(14-36)13-19-8-6-5-7-9-19/h5-9,14,16-18,20-23,44H,10-13,15,30H2,1-4H3,(H,31,42)(H,32,43)(H,33,39)(H,34,41)(H,35,40)(H,37,38)/t17-,18-,20-,21-,22-,23-/m0/s1. The van der Waals surface area contributed by atoms with E-state index in [4.69, 9.17) is 10.8 Å². The summed E-state index contributed by atoms with van der Waals surface area (Å²) in [4.78, 5) is 86.2. The number of hydrogen-bond donors (Lipinski definition) is 8. The van der Waals surface area contributed by atoms with Crippen molar-refractivity contribution in [3.8, 4) is 0 Å². The van der Waals surface area contributed by atoms with Crippen molar-refractivity contribution in [2.75, 3.05) is 5.75 Å². The predicted octanol–water partition coefficient (Wildman–Crippen LogP) is -0.940. The summed E-state index contributed by atoms with van der Waals surface area (Å²) >= 11 is 4.10. The molecule has 6 atom stereocenters. The Balaban J connectivity index is 2.75. The van der Waals surface area contributed by atoms with Crippen LogP contribution in [0.15, 0.2) is 30.3 Å². The van der Waals surface area contributed by atoms with Crippen LogP contribution in [0.1, 0.15) is 52.5 Å². The molecule has 0 aliphatic carbocycles. The van der Waals surface area contributed by atoms with Crippen LogP contribution in [0.4, 0.5) is 0 Å². The van der Waals surface area contributed by atoms with E-state index in [0.717, 1.165) is 5.56 Å². The number of benzene rings is 1. The average molecular weight is 637 g/mol. The van der Waals surface area contributed by atoms with E-state index in [1.807, 2.05) is 32.0 Å². The first kappa shape index (κ1) is 38.0. The second-order valence-corrected chi connectivity index (χ2v) is 11.2. The van der Waals surface area contributed by atoms with Gasteiger partial charge in [0.05, 0.1) is 12.1 Å². The zero-order chi connectivity index (χ0) is 33.4. The first-order valence-corrected chi connectivity index (χ1v) is 14.9. The van der Waals surface area contributed by atoms with Gasteiger partial charge in [-0.3, -0.25) is 28.8 Å². The van der Waals surface area contributed by atoms with Crippen LogP contribution in [0.25, 0.3) is 0 Å². The lowest BCUT2D eigenvalue weighted by atomic mass is 10.0. The molecule has 44 heavy (non-hydrogen) atoms. The van der Waals surface area contributed by atoms with Gasteiger partial charge in [0, 0.05) is 12.2 Å². The summed E-state index contributed by atoms with van der Waals surface area (Å²) in [6.07, 6.45) is 0.543. The number of aldehydes is 1. The number of carboxylic acids is 1. The monoisotopic (exact) mass is 636 g/mol. The second-order valence-electron chi connectivity index (χ2n) is 10.9. The Kier molecular flexibility index (Phi) is 16.7. The quantitative estimate of drug-likeness (QED) is 0.0692. The Bertz CT molecular complexity index is 1150. The minimum atomic E-state index is -1.27. The first-order valence-electron chi connectivity index (χ1n) is 14.3. The van der Waals surface area contributed by atoms with Gasteiger partial charge in [0.1, 0.15) is 30.5 Å². The van der Waals surface area contributed by atoms with Crippen LogP contribution in [0.3, 0.4) is 0 Å². The van der Waals surface area contributed by atoms with Crippen molar-refractivity contribution in [2.24, 2.45) is 11.7 Å². The second kappa shape index (κ2) is 19.3. The average Bonchev–Trinajstić information content (AvgIpc) is 2.96. The van der Waals surface area contributed by atoms with Crippen LogP contribution in [-0.2, 0) is 40.0 Å². The molecule has 0 radical (unpaired) electrons. The Labute approximate surface area is 262 Å². The van der Waals surface area contributed by atoms with Gasteiger partial charge in [-0.05, 0) is 44.6 Å². The number of rotatable bonds is 19. The van der Waals surface area contributed by atoms with Crippen molar-refractivity contribution in [1.82, 2.24) is 26.6 Å². The van der Waals surface area contributed by atoms with E-state index in [1.54, 1.807) is 12.1 Å². The van der Waals surface area contributed by atoms with Gasteiger partial charge in [0.15, 0.2) is 0 Å². The summed E-state index contributed by atoms with van der Waals surface area (Å²) in [6.45, 7) is 6.48. The van der Waals surface area contributed by atoms with Crippen LogP contribution in [0.2, 0.25) is 0 Å².